The summed E-state index contributed by atoms with van der Waals surface area (Å²) in [7, 11) is 7.78. The van der Waals surface area contributed by atoms with Crippen molar-refractivity contribution in [3.05, 3.63) is 0 Å². The summed E-state index contributed by atoms with van der Waals surface area (Å²) in [5.41, 5.74) is 0. The highest BCUT2D eigenvalue weighted by Gasteiger charge is 1.91. The molecule has 0 unspecified atom stereocenters. The Morgan fingerprint density at radius 2 is 1.58 bits per heavy atom. The topological polar surface area (TPSA) is 0 Å². The lowest BCUT2D eigenvalue weighted by Crippen LogP contribution is -1.76. The van der Waals surface area contributed by atoms with E-state index in [0.717, 1.165) is 0 Å². The second-order valence-corrected chi connectivity index (χ2v) is 8.83. The van der Waals surface area contributed by atoms with Gasteiger partial charge in [-0.1, -0.05) is 54.7 Å². The zero-order valence-corrected chi connectivity index (χ0v) is 11.1. The van der Waals surface area contributed by atoms with Crippen molar-refractivity contribution >= 4 is 41.2 Å². The molecule has 0 aromatic carbocycles. The SMILES string of the molecule is CCCCCCSSSSCC. The monoisotopic (exact) mass is 242 g/mol. The molecule has 0 nitrogen and oxygen atoms in total. The maximum Gasteiger partial charge on any atom is 0.00454 e. The molecule has 0 rings (SSSR count). The molecule has 4 heteroatoms. The predicted octanol–water partition coefficient (Wildman–Crippen LogP) is 5.26. The van der Waals surface area contributed by atoms with Crippen molar-refractivity contribution in [1.29, 1.82) is 0 Å². The summed E-state index contributed by atoms with van der Waals surface area (Å²) in [4.78, 5) is 0. The summed E-state index contributed by atoms with van der Waals surface area (Å²) >= 11 is 0. The van der Waals surface area contributed by atoms with Crippen LogP contribution in [0.4, 0.5) is 0 Å². The molecule has 0 aliphatic carbocycles. The van der Waals surface area contributed by atoms with Gasteiger partial charge in [0.2, 0.25) is 0 Å². The predicted molar refractivity (Wildman–Crippen MR) is 69.9 cm³/mol. The maximum absolute atomic E-state index is 2.26. The molecule has 0 aromatic rings. The Labute approximate surface area is 92.0 Å². The smallest absolute Gasteiger partial charge is 0.00454 e. The molecule has 0 spiro atoms. The Bertz CT molecular complexity index is 67.5. The molecule has 0 atom stereocenters. The van der Waals surface area contributed by atoms with Crippen molar-refractivity contribution in [3.8, 4) is 0 Å². The van der Waals surface area contributed by atoms with E-state index in [9.17, 15) is 0 Å². The van der Waals surface area contributed by atoms with Gasteiger partial charge in [-0.25, -0.2) is 0 Å². The first kappa shape index (κ1) is 13.4. The van der Waals surface area contributed by atoms with Crippen LogP contribution >= 0.6 is 41.2 Å². The third-order valence-corrected chi connectivity index (χ3v) is 7.95. The van der Waals surface area contributed by atoms with E-state index in [-0.39, 0.29) is 0 Å². The first-order chi connectivity index (χ1) is 5.91. The lowest BCUT2D eigenvalue weighted by Gasteiger charge is -1.98. The lowest BCUT2D eigenvalue weighted by atomic mass is 10.2. The van der Waals surface area contributed by atoms with Crippen LogP contribution in [0.5, 0.6) is 0 Å². The van der Waals surface area contributed by atoms with Gasteiger partial charge in [0.25, 0.3) is 0 Å². The van der Waals surface area contributed by atoms with E-state index in [4.69, 9.17) is 0 Å². The molecule has 74 valence electrons. The Balaban J connectivity index is 2.73. The summed E-state index contributed by atoms with van der Waals surface area (Å²) in [6.45, 7) is 4.46. The Kier molecular flexibility index (Phi) is 13.8. The van der Waals surface area contributed by atoms with E-state index < -0.39 is 0 Å². The molecule has 0 bridgehead atoms. The van der Waals surface area contributed by atoms with Crippen molar-refractivity contribution < 1.29 is 0 Å². The average Bonchev–Trinajstić information content (AvgIpc) is 2.10. The fraction of sp³-hybridized carbons (Fsp3) is 1.00. The minimum Gasteiger partial charge on any atom is -0.0820 e. The van der Waals surface area contributed by atoms with Gasteiger partial charge in [-0.2, -0.15) is 0 Å². The van der Waals surface area contributed by atoms with Gasteiger partial charge in [0.15, 0.2) is 0 Å². The van der Waals surface area contributed by atoms with Gasteiger partial charge in [0.05, 0.1) is 0 Å². The minimum absolute atomic E-state index is 1.22. The largest absolute Gasteiger partial charge is 0.0820 e. The van der Waals surface area contributed by atoms with Crippen molar-refractivity contribution in [3.63, 3.8) is 0 Å². The van der Waals surface area contributed by atoms with E-state index in [1.54, 1.807) is 0 Å². The van der Waals surface area contributed by atoms with Crippen molar-refractivity contribution in [1.82, 2.24) is 0 Å². The van der Waals surface area contributed by atoms with Crippen LogP contribution in [0.25, 0.3) is 0 Å². The maximum atomic E-state index is 2.26. The van der Waals surface area contributed by atoms with Gasteiger partial charge < -0.3 is 0 Å². The molecule has 0 aliphatic rings. The molecule has 0 saturated carbocycles. The molecule has 0 aliphatic heterocycles. The van der Waals surface area contributed by atoms with Gasteiger partial charge in [0.1, 0.15) is 0 Å². The number of hydrogen-bond donors (Lipinski definition) is 0. The number of rotatable bonds is 9. The van der Waals surface area contributed by atoms with Gasteiger partial charge >= 0.3 is 0 Å². The highest BCUT2D eigenvalue weighted by molar-refractivity contribution is 9.26. The summed E-state index contributed by atoms with van der Waals surface area (Å²) < 4.78 is 0. The zero-order chi connectivity index (χ0) is 9.07. The average molecular weight is 242 g/mol. The highest BCUT2D eigenvalue weighted by Crippen LogP contribution is 2.42. The van der Waals surface area contributed by atoms with Crippen LogP contribution < -0.4 is 0 Å². The normalized spacial score (nSPS) is 10.5. The van der Waals surface area contributed by atoms with Gasteiger partial charge in [0, 0.05) is 11.5 Å². The van der Waals surface area contributed by atoms with E-state index in [2.05, 4.69) is 13.8 Å². The third kappa shape index (κ3) is 11.4. The summed E-state index contributed by atoms with van der Waals surface area (Å²) in [5, 5.41) is 0. The van der Waals surface area contributed by atoms with E-state index in [1.165, 1.54) is 37.2 Å². The summed E-state index contributed by atoms with van der Waals surface area (Å²) in [6.07, 6.45) is 5.55. The van der Waals surface area contributed by atoms with Crippen LogP contribution in [0.15, 0.2) is 0 Å². The quantitative estimate of drug-likeness (QED) is 0.399. The fourth-order valence-electron chi connectivity index (χ4n) is 0.709. The molecule has 0 fully saturated rings. The molecule has 0 heterocycles. The van der Waals surface area contributed by atoms with E-state index in [0.29, 0.717) is 0 Å². The number of hydrogen-bond acceptors (Lipinski definition) is 4. The standard InChI is InChI=1S/C8H18S4/c1-3-5-6-7-8-10-12-11-9-4-2/h3-8H2,1-2H3. The molecule has 0 amide bonds. The van der Waals surface area contributed by atoms with Crippen LogP contribution in [0, 0.1) is 0 Å². The Hall–Kier alpha value is 1.40. The highest BCUT2D eigenvalue weighted by atomic mass is 33.7. The molecule has 0 saturated heterocycles. The van der Waals surface area contributed by atoms with Crippen molar-refractivity contribution in [2.45, 2.75) is 39.5 Å². The summed E-state index contributed by atoms with van der Waals surface area (Å²) in [6, 6.07) is 0. The van der Waals surface area contributed by atoms with E-state index >= 15 is 0 Å². The van der Waals surface area contributed by atoms with Crippen LogP contribution in [-0.2, 0) is 0 Å². The molecule has 0 N–H and O–H groups in total. The molecule has 0 radical (unpaired) electrons. The fourth-order valence-corrected chi connectivity index (χ4v) is 6.66. The summed E-state index contributed by atoms with van der Waals surface area (Å²) in [5.74, 6) is 2.54. The first-order valence-electron chi connectivity index (χ1n) is 4.49. The second kappa shape index (κ2) is 12.4. The second-order valence-electron chi connectivity index (χ2n) is 2.43. The number of unbranched alkanes of at least 4 members (excludes halogenated alkanes) is 3. The van der Waals surface area contributed by atoms with Gasteiger partial charge in [-0.15, -0.1) is 0 Å². The van der Waals surface area contributed by atoms with Crippen LogP contribution in [0.2, 0.25) is 0 Å². The Morgan fingerprint density at radius 3 is 2.25 bits per heavy atom. The molecular weight excluding hydrogens is 224 g/mol. The van der Waals surface area contributed by atoms with Gasteiger partial charge in [-0.05, 0) is 26.1 Å². The van der Waals surface area contributed by atoms with Crippen LogP contribution in [0.3, 0.4) is 0 Å². The lowest BCUT2D eigenvalue weighted by molar-refractivity contribution is 0.707. The third-order valence-electron chi connectivity index (χ3n) is 1.32. The minimum atomic E-state index is 1.22. The van der Waals surface area contributed by atoms with Crippen molar-refractivity contribution in [2.75, 3.05) is 11.5 Å². The Morgan fingerprint density at radius 1 is 0.833 bits per heavy atom. The van der Waals surface area contributed by atoms with Crippen molar-refractivity contribution in [2.24, 2.45) is 0 Å². The van der Waals surface area contributed by atoms with Gasteiger partial charge in [-0.3, -0.25) is 0 Å². The van der Waals surface area contributed by atoms with Crippen LogP contribution in [0.1, 0.15) is 39.5 Å². The van der Waals surface area contributed by atoms with Crippen LogP contribution in [-0.4, -0.2) is 11.5 Å². The zero-order valence-electron chi connectivity index (χ0n) is 7.88. The first-order valence-corrected chi connectivity index (χ1v) is 9.65. The molecule has 0 aromatic heterocycles. The van der Waals surface area contributed by atoms with E-state index in [1.807, 2.05) is 41.2 Å². The molecule has 12 heavy (non-hydrogen) atoms. The molecular formula is C8H18S4.